The van der Waals surface area contributed by atoms with Crippen molar-refractivity contribution < 1.29 is 17.7 Å². The number of amides is 1. The normalized spacial score (nSPS) is 17.3. The molecule has 1 aliphatic heterocycles. The van der Waals surface area contributed by atoms with Crippen LogP contribution in [0.25, 0.3) is 10.7 Å². The number of nitrogens with zero attached hydrogens (tertiary/aromatic N) is 3. The second-order valence-corrected chi connectivity index (χ2v) is 12.3. The van der Waals surface area contributed by atoms with Gasteiger partial charge in [-0.15, -0.1) is 11.3 Å². The number of hydrogen-bond acceptors (Lipinski definition) is 7. The molecule has 0 aliphatic carbocycles. The Morgan fingerprint density at radius 1 is 1.24 bits per heavy atom. The molecule has 1 atom stereocenters. The van der Waals surface area contributed by atoms with Crippen molar-refractivity contribution in [2.45, 2.75) is 58.3 Å². The molecule has 1 aliphatic rings. The third-order valence-electron chi connectivity index (χ3n) is 6.04. The second-order valence-electron chi connectivity index (χ2n) is 9.15. The van der Waals surface area contributed by atoms with Crippen molar-refractivity contribution in [3.05, 3.63) is 46.2 Å². The Hall–Kier alpha value is -2.56. The van der Waals surface area contributed by atoms with E-state index in [1.165, 1.54) is 15.6 Å². The molecule has 1 fully saturated rings. The van der Waals surface area contributed by atoms with Gasteiger partial charge in [-0.2, -0.15) is 9.29 Å². The van der Waals surface area contributed by atoms with Crippen molar-refractivity contribution >= 4 is 33.0 Å². The fourth-order valence-electron chi connectivity index (χ4n) is 4.10. The third-order valence-corrected chi connectivity index (χ3v) is 9.21. The van der Waals surface area contributed by atoms with Crippen molar-refractivity contribution in [2.24, 2.45) is 5.92 Å². The minimum absolute atomic E-state index is 0.0886. The van der Waals surface area contributed by atoms with Crippen LogP contribution < -0.4 is 5.32 Å². The van der Waals surface area contributed by atoms with Crippen LogP contribution >= 0.6 is 11.3 Å². The zero-order chi connectivity index (χ0) is 24.6. The molecule has 8 nitrogen and oxygen atoms in total. The first-order chi connectivity index (χ1) is 16.1. The summed E-state index contributed by atoms with van der Waals surface area (Å²) in [7, 11) is -3.76. The molecule has 34 heavy (non-hydrogen) atoms. The van der Waals surface area contributed by atoms with Gasteiger partial charge in [0.2, 0.25) is 27.6 Å². The van der Waals surface area contributed by atoms with Crippen LogP contribution in [0.2, 0.25) is 0 Å². The van der Waals surface area contributed by atoms with E-state index < -0.39 is 15.9 Å². The van der Waals surface area contributed by atoms with Crippen LogP contribution in [-0.2, 0) is 14.8 Å². The van der Waals surface area contributed by atoms with Crippen molar-refractivity contribution in [3.8, 4) is 10.7 Å². The lowest BCUT2D eigenvalue weighted by atomic mass is 9.98. The molecular formula is C24H30N4O4S2. The third kappa shape index (κ3) is 4.94. The minimum Gasteiger partial charge on any atom is -0.339 e. The van der Waals surface area contributed by atoms with Crippen LogP contribution in [0.3, 0.4) is 0 Å². The largest absolute Gasteiger partial charge is 0.339 e. The number of aromatic nitrogens is 2. The summed E-state index contributed by atoms with van der Waals surface area (Å²) in [5.74, 6) is 0.434. The Bertz CT molecular complexity index is 1310. The van der Waals surface area contributed by atoms with E-state index in [-0.39, 0.29) is 23.3 Å². The van der Waals surface area contributed by atoms with E-state index in [0.717, 1.165) is 16.8 Å². The van der Waals surface area contributed by atoms with Gasteiger partial charge in [0.1, 0.15) is 0 Å². The predicted molar refractivity (Wildman–Crippen MR) is 132 cm³/mol. The number of hydrogen-bond donors (Lipinski definition) is 1. The fraction of sp³-hybridized carbons (Fsp3) is 0.458. The van der Waals surface area contributed by atoms with Gasteiger partial charge in [0, 0.05) is 29.6 Å². The molecule has 0 radical (unpaired) electrons. The van der Waals surface area contributed by atoms with E-state index in [0.29, 0.717) is 40.9 Å². The number of carbonyl (C=O) groups is 1. The summed E-state index contributed by atoms with van der Waals surface area (Å²) in [6.45, 7) is 10.2. The predicted octanol–water partition coefficient (Wildman–Crippen LogP) is 4.89. The highest BCUT2D eigenvalue weighted by atomic mass is 32.2. The Morgan fingerprint density at radius 2 is 2.00 bits per heavy atom. The lowest BCUT2D eigenvalue weighted by molar-refractivity contribution is -0.120. The number of benzene rings is 1. The van der Waals surface area contributed by atoms with Gasteiger partial charge in [0.25, 0.3) is 0 Å². The summed E-state index contributed by atoms with van der Waals surface area (Å²) in [5, 5.41) is 6.99. The first-order valence-electron chi connectivity index (χ1n) is 11.4. The van der Waals surface area contributed by atoms with E-state index >= 15 is 0 Å². The van der Waals surface area contributed by atoms with Crippen LogP contribution in [0.15, 0.2) is 33.7 Å². The van der Waals surface area contributed by atoms with Crippen molar-refractivity contribution in [1.82, 2.24) is 14.4 Å². The maximum absolute atomic E-state index is 13.5. The number of thiophene rings is 1. The first-order valence-corrected chi connectivity index (χ1v) is 13.6. The number of sulfonamides is 1. The zero-order valence-corrected chi connectivity index (χ0v) is 21.7. The highest BCUT2D eigenvalue weighted by Crippen LogP contribution is 2.35. The summed E-state index contributed by atoms with van der Waals surface area (Å²) >= 11 is 1.32. The van der Waals surface area contributed by atoms with E-state index in [2.05, 4.69) is 15.5 Å². The number of rotatable bonds is 6. The average molecular weight is 503 g/mol. The molecule has 1 N–H and O–H groups in total. The molecule has 182 valence electrons. The fourth-order valence-corrected chi connectivity index (χ4v) is 7.11. The van der Waals surface area contributed by atoms with Crippen molar-refractivity contribution in [1.29, 1.82) is 0 Å². The number of piperidine rings is 1. The van der Waals surface area contributed by atoms with E-state index in [1.54, 1.807) is 13.0 Å². The molecule has 1 saturated heterocycles. The first kappa shape index (κ1) is 24.6. The zero-order valence-electron chi connectivity index (χ0n) is 20.1. The molecule has 0 bridgehead atoms. The summed E-state index contributed by atoms with van der Waals surface area (Å²) < 4.78 is 33.7. The molecule has 10 heteroatoms. The molecular weight excluding hydrogens is 472 g/mol. The molecule has 0 spiro atoms. The lowest BCUT2D eigenvalue weighted by Crippen LogP contribution is -2.43. The summed E-state index contributed by atoms with van der Waals surface area (Å²) in [5.41, 5.74) is 2.86. The average Bonchev–Trinajstić information content (AvgIpc) is 3.43. The SMILES string of the molecule is Cc1ccc(NC(=O)C2CCCN(S(=O)(=O)c3cc(-c4noc(C(C)C)n4)sc3C)C2)c(C)c1. The highest BCUT2D eigenvalue weighted by Gasteiger charge is 2.35. The number of carbonyl (C=O) groups excluding carboxylic acids is 1. The van der Waals surface area contributed by atoms with Crippen LogP contribution in [0.4, 0.5) is 5.69 Å². The molecule has 3 aromatic rings. The molecule has 2 aromatic heterocycles. The van der Waals surface area contributed by atoms with E-state index in [4.69, 9.17) is 4.52 Å². The molecule has 0 saturated carbocycles. The molecule has 1 aromatic carbocycles. The van der Waals surface area contributed by atoms with Gasteiger partial charge >= 0.3 is 0 Å². The standard InChI is InChI=1S/C24H30N4O4S2/c1-14(2)24-26-22(27-32-24)20-12-21(17(5)33-20)34(30,31)28-10-6-7-18(13-28)23(29)25-19-9-8-15(3)11-16(19)4/h8-9,11-12,14,18H,6-7,10,13H2,1-5H3,(H,25,29). The number of nitrogens with one attached hydrogen (secondary N) is 1. The summed E-state index contributed by atoms with van der Waals surface area (Å²) in [6.07, 6.45) is 1.28. The van der Waals surface area contributed by atoms with Gasteiger partial charge < -0.3 is 9.84 Å². The highest BCUT2D eigenvalue weighted by molar-refractivity contribution is 7.89. The molecule has 4 rings (SSSR count). The van der Waals surface area contributed by atoms with Crippen LogP contribution in [0.1, 0.15) is 54.5 Å². The topological polar surface area (TPSA) is 105 Å². The quantitative estimate of drug-likeness (QED) is 0.515. The van der Waals surface area contributed by atoms with E-state index in [9.17, 15) is 13.2 Å². The van der Waals surface area contributed by atoms with Crippen molar-refractivity contribution in [2.75, 3.05) is 18.4 Å². The smallest absolute Gasteiger partial charge is 0.244 e. The van der Waals surface area contributed by atoms with Crippen LogP contribution in [0, 0.1) is 26.7 Å². The maximum Gasteiger partial charge on any atom is 0.244 e. The Morgan fingerprint density at radius 3 is 2.68 bits per heavy atom. The van der Waals surface area contributed by atoms with Gasteiger partial charge in [0.05, 0.1) is 15.7 Å². The second kappa shape index (κ2) is 9.59. The lowest BCUT2D eigenvalue weighted by Gasteiger charge is -2.31. The van der Waals surface area contributed by atoms with Gasteiger partial charge in [-0.05, 0) is 51.3 Å². The minimum atomic E-state index is -3.76. The Labute approximate surface area is 204 Å². The van der Waals surface area contributed by atoms with E-state index in [1.807, 2.05) is 45.9 Å². The summed E-state index contributed by atoms with van der Waals surface area (Å²) in [6, 6.07) is 7.46. The monoisotopic (exact) mass is 502 g/mol. The van der Waals surface area contributed by atoms with Crippen molar-refractivity contribution in [3.63, 3.8) is 0 Å². The van der Waals surface area contributed by atoms with Gasteiger partial charge in [0.15, 0.2) is 0 Å². The van der Waals surface area contributed by atoms with Gasteiger partial charge in [-0.1, -0.05) is 36.7 Å². The van der Waals surface area contributed by atoms with Gasteiger partial charge in [-0.25, -0.2) is 8.42 Å². The maximum atomic E-state index is 13.5. The number of aryl methyl sites for hydroxylation is 3. The molecule has 1 amide bonds. The Balaban J connectivity index is 1.52. The van der Waals surface area contributed by atoms with Crippen LogP contribution in [-0.4, -0.2) is 41.9 Å². The summed E-state index contributed by atoms with van der Waals surface area (Å²) in [4.78, 5) is 18.9. The Kier molecular flexibility index (Phi) is 6.93. The molecule has 1 unspecified atom stereocenters. The number of anilines is 1. The van der Waals surface area contributed by atoms with Crippen LogP contribution in [0.5, 0.6) is 0 Å². The van der Waals surface area contributed by atoms with Gasteiger partial charge in [-0.3, -0.25) is 4.79 Å². The molecule has 3 heterocycles.